The van der Waals surface area contributed by atoms with E-state index in [2.05, 4.69) is 0 Å². The third kappa shape index (κ3) is 1.85. The molecule has 1 aromatic heterocycles. The Kier molecular flexibility index (Phi) is 3.06. The van der Waals surface area contributed by atoms with Crippen molar-refractivity contribution in [1.29, 1.82) is 0 Å². The number of halogens is 1. The Hall–Kier alpha value is -1.16. The standard InChI is InChI=1S/C10H13FNO2/c1-3-10(14,7-11)8-4-5-9(13)12(2)6-8/h3-6,14H,7H2,1-2H3. The van der Waals surface area contributed by atoms with E-state index in [1.165, 1.54) is 29.3 Å². The van der Waals surface area contributed by atoms with Crippen molar-refractivity contribution in [3.63, 3.8) is 0 Å². The van der Waals surface area contributed by atoms with E-state index in [0.717, 1.165) is 0 Å². The Balaban J connectivity index is 3.19. The zero-order valence-corrected chi connectivity index (χ0v) is 8.20. The molecule has 0 saturated heterocycles. The van der Waals surface area contributed by atoms with Gasteiger partial charge < -0.3 is 9.67 Å². The average Bonchev–Trinajstić information content (AvgIpc) is 2.21. The molecular formula is C10H13FNO2. The van der Waals surface area contributed by atoms with Crippen LogP contribution in [0.4, 0.5) is 4.39 Å². The van der Waals surface area contributed by atoms with Crippen molar-refractivity contribution < 1.29 is 9.50 Å². The molecule has 1 aromatic rings. The maximum absolute atomic E-state index is 12.6. The summed E-state index contributed by atoms with van der Waals surface area (Å²) >= 11 is 0. The van der Waals surface area contributed by atoms with Crippen molar-refractivity contribution in [2.45, 2.75) is 12.5 Å². The van der Waals surface area contributed by atoms with Crippen LogP contribution in [-0.4, -0.2) is 16.3 Å². The van der Waals surface area contributed by atoms with Crippen LogP contribution in [0.5, 0.6) is 0 Å². The van der Waals surface area contributed by atoms with Gasteiger partial charge in [0, 0.05) is 24.9 Å². The second-order valence-corrected chi connectivity index (χ2v) is 3.21. The maximum atomic E-state index is 12.6. The Bertz CT molecular complexity index is 369. The molecule has 77 valence electrons. The summed E-state index contributed by atoms with van der Waals surface area (Å²) < 4.78 is 13.9. The van der Waals surface area contributed by atoms with Crippen LogP contribution in [0.15, 0.2) is 23.1 Å². The number of hydrogen-bond donors (Lipinski definition) is 1. The first-order chi connectivity index (χ1) is 6.53. The molecule has 0 aliphatic rings. The van der Waals surface area contributed by atoms with Gasteiger partial charge in [0.25, 0.3) is 0 Å². The molecule has 1 heterocycles. The van der Waals surface area contributed by atoms with E-state index in [0.29, 0.717) is 5.56 Å². The molecular weight excluding hydrogens is 185 g/mol. The monoisotopic (exact) mass is 198 g/mol. The molecule has 0 bridgehead atoms. The second kappa shape index (κ2) is 3.92. The summed E-state index contributed by atoms with van der Waals surface area (Å²) in [5.74, 6) is 0. The van der Waals surface area contributed by atoms with Gasteiger partial charge in [-0.25, -0.2) is 4.39 Å². The van der Waals surface area contributed by atoms with E-state index in [1.54, 1.807) is 14.0 Å². The van der Waals surface area contributed by atoms with E-state index in [1.807, 2.05) is 0 Å². The van der Waals surface area contributed by atoms with Gasteiger partial charge >= 0.3 is 0 Å². The zero-order chi connectivity index (χ0) is 10.8. The van der Waals surface area contributed by atoms with Gasteiger partial charge in [0.15, 0.2) is 0 Å². The number of aliphatic hydroxyl groups is 1. The lowest BCUT2D eigenvalue weighted by Gasteiger charge is -2.23. The van der Waals surface area contributed by atoms with E-state index in [9.17, 15) is 14.3 Å². The molecule has 1 atom stereocenters. The fourth-order valence-electron chi connectivity index (χ4n) is 1.17. The van der Waals surface area contributed by atoms with Gasteiger partial charge in [-0.05, 0) is 12.5 Å². The summed E-state index contributed by atoms with van der Waals surface area (Å²) in [5, 5.41) is 9.77. The minimum absolute atomic E-state index is 0.189. The smallest absolute Gasteiger partial charge is 0.250 e. The van der Waals surface area contributed by atoms with Gasteiger partial charge in [0.1, 0.15) is 12.3 Å². The molecule has 1 unspecified atom stereocenters. The SMILES string of the molecule is C[CH]C(O)(CF)c1ccc(=O)n(C)c1. The van der Waals surface area contributed by atoms with Gasteiger partial charge in [0.2, 0.25) is 5.56 Å². The highest BCUT2D eigenvalue weighted by Gasteiger charge is 2.27. The van der Waals surface area contributed by atoms with Crippen molar-refractivity contribution in [1.82, 2.24) is 4.57 Å². The van der Waals surface area contributed by atoms with E-state index < -0.39 is 12.3 Å². The van der Waals surface area contributed by atoms with Gasteiger partial charge in [-0.15, -0.1) is 0 Å². The Morgan fingerprint density at radius 2 is 2.29 bits per heavy atom. The largest absolute Gasteiger partial charge is 0.382 e. The number of pyridine rings is 1. The molecule has 0 aliphatic heterocycles. The summed E-state index contributed by atoms with van der Waals surface area (Å²) in [4.78, 5) is 11.1. The molecule has 0 amide bonds. The van der Waals surface area contributed by atoms with Crippen LogP contribution in [0.25, 0.3) is 0 Å². The Labute approximate surface area is 81.8 Å². The summed E-state index contributed by atoms with van der Waals surface area (Å²) in [6.45, 7) is 0.673. The molecule has 1 radical (unpaired) electrons. The number of aryl methyl sites for hydroxylation is 1. The van der Waals surface area contributed by atoms with Crippen LogP contribution in [0.3, 0.4) is 0 Å². The minimum atomic E-state index is -1.59. The molecule has 0 saturated carbocycles. The molecule has 1 N–H and O–H groups in total. The van der Waals surface area contributed by atoms with Crippen LogP contribution in [0.2, 0.25) is 0 Å². The van der Waals surface area contributed by atoms with Gasteiger partial charge in [-0.3, -0.25) is 4.79 Å². The summed E-state index contributed by atoms with van der Waals surface area (Å²) in [5.41, 5.74) is -1.40. The number of aromatic nitrogens is 1. The first-order valence-corrected chi connectivity index (χ1v) is 4.29. The van der Waals surface area contributed by atoms with E-state index in [4.69, 9.17) is 0 Å². The lowest BCUT2D eigenvalue weighted by molar-refractivity contribution is 0.0432. The topological polar surface area (TPSA) is 42.2 Å². The number of hydrogen-bond acceptors (Lipinski definition) is 2. The third-order valence-electron chi connectivity index (χ3n) is 2.27. The van der Waals surface area contributed by atoms with Gasteiger partial charge in [-0.2, -0.15) is 0 Å². The van der Waals surface area contributed by atoms with Crippen LogP contribution in [0.1, 0.15) is 12.5 Å². The van der Waals surface area contributed by atoms with Crippen LogP contribution in [-0.2, 0) is 12.6 Å². The third-order valence-corrected chi connectivity index (χ3v) is 2.27. The molecule has 4 heteroatoms. The molecule has 0 fully saturated rings. The second-order valence-electron chi connectivity index (χ2n) is 3.21. The highest BCUT2D eigenvalue weighted by atomic mass is 19.1. The van der Waals surface area contributed by atoms with Crippen molar-refractivity contribution in [3.8, 4) is 0 Å². The van der Waals surface area contributed by atoms with Crippen molar-refractivity contribution in [2.75, 3.05) is 6.67 Å². The van der Waals surface area contributed by atoms with E-state index >= 15 is 0 Å². The maximum Gasteiger partial charge on any atom is 0.250 e. The number of rotatable bonds is 3. The fraction of sp³-hybridized carbons (Fsp3) is 0.400. The summed E-state index contributed by atoms with van der Waals surface area (Å²) in [6, 6.07) is 2.74. The molecule has 0 spiro atoms. The zero-order valence-electron chi connectivity index (χ0n) is 8.20. The Morgan fingerprint density at radius 3 is 2.71 bits per heavy atom. The van der Waals surface area contributed by atoms with Crippen molar-refractivity contribution >= 4 is 0 Å². The molecule has 3 nitrogen and oxygen atoms in total. The summed E-state index contributed by atoms with van der Waals surface area (Å²) in [7, 11) is 1.56. The van der Waals surface area contributed by atoms with Crippen LogP contribution < -0.4 is 5.56 Å². The number of nitrogens with zero attached hydrogens (tertiary/aromatic N) is 1. The minimum Gasteiger partial charge on any atom is -0.382 e. The quantitative estimate of drug-likeness (QED) is 0.779. The molecule has 1 rings (SSSR count). The predicted molar refractivity (Wildman–Crippen MR) is 51.5 cm³/mol. The molecule has 0 aliphatic carbocycles. The van der Waals surface area contributed by atoms with Crippen LogP contribution >= 0.6 is 0 Å². The predicted octanol–water partition coefficient (Wildman–Crippen LogP) is 0.767. The Morgan fingerprint density at radius 1 is 1.64 bits per heavy atom. The van der Waals surface area contributed by atoms with Crippen molar-refractivity contribution in [2.24, 2.45) is 7.05 Å². The highest BCUT2D eigenvalue weighted by Crippen LogP contribution is 2.23. The average molecular weight is 198 g/mol. The lowest BCUT2D eigenvalue weighted by atomic mass is 9.94. The molecule has 0 aromatic carbocycles. The van der Waals surface area contributed by atoms with Crippen LogP contribution in [0, 0.1) is 6.42 Å². The van der Waals surface area contributed by atoms with Crippen molar-refractivity contribution in [3.05, 3.63) is 40.7 Å². The van der Waals surface area contributed by atoms with E-state index in [-0.39, 0.29) is 5.56 Å². The molecule has 14 heavy (non-hydrogen) atoms. The van der Waals surface area contributed by atoms with Gasteiger partial charge in [0.05, 0.1) is 0 Å². The van der Waals surface area contributed by atoms with Gasteiger partial charge in [-0.1, -0.05) is 6.92 Å². The number of alkyl halides is 1. The lowest BCUT2D eigenvalue weighted by Crippen LogP contribution is -2.30. The first kappa shape index (κ1) is 10.9. The fourth-order valence-corrected chi connectivity index (χ4v) is 1.17. The normalized spacial score (nSPS) is 15.1. The summed E-state index contributed by atoms with van der Waals surface area (Å²) in [6.07, 6.45) is 2.80. The highest BCUT2D eigenvalue weighted by molar-refractivity contribution is 5.22. The first-order valence-electron chi connectivity index (χ1n) is 4.29.